The van der Waals surface area contributed by atoms with Gasteiger partial charge in [-0.15, -0.1) is 0 Å². The number of rotatable bonds is 10. The molecular weight excluding hydrogens is 810 g/mol. The molecule has 3 saturated carbocycles. The van der Waals surface area contributed by atoms with Crippen molar-refractivity contribution in [1.29, 1.82) is 0 Å². The van der Waals surface area contributed by atoms with Gasteiger partial charge in [-0.3, -0.25) is 9.59 Å². The van der Waals surface area contributed by atoms with Crippen molar-refractivity contribution in [2.45, 2.75) is 160 Å². The van der Waals surface area contributed by atoms with E-state index in [1.54, 1.807) is 52.8 Å². The van der Waals surface area contributed by atoms with Gasteiger partial charge >= 0.3 is 30.2 Å². The van der Waals surface area contributed by atoms with Gasteiger partial charge in [-0.25, -0.2) is 19.2 Å². The predicted molar refractivity (Wildman–Crippen MR) is 216 cm³/mol. The second-order valence-electron chi connectivity index (χ2n) is 19.0. The number of carbonyl (C=O) groups is 6. The zero-order chi connectivity index (χ0) is 45.7. The number of amides is 1. The van der Waals surface area contributed by atoms with Gasteiger partial charge in [0.25, 0.3) is 0 Å². The summed E-state index contributed by atoms with van der Waals surface area (Å²) in [5, 5.41) is 40.2. The molecule has 4 N–H and O–H groups in total. The third-order valence-corrected chi connectivity index (χ3v) is 13.8. The molecule has 0 spiro atoms. The lowest BCUT2D eigenvalue weighted by Gasteiger charge is -2.67. The molecule has 1 aromatic carbocycles. The lowest BCUT2D eigenvalue weighted by Crippen LogP contribution is -2.82. The largest absolute Gasteiger partial charge is 0.509 e. The maximum Gasteiger partial charge on any atom is 0.509 e. The van der Waals surface area contributed by atoms with Gasteiger partial charge in [-0.2, -0.15) is 0 Å². The molecule has 4 fully saturated rings. The summed E-state index contributed by atoms with van der Waals surface area (Å²) in [4.78, 5) is 83.5. The van der Waals surface area contributed by atoms with Gasteiger partial charge in [-0.05, 0) is 83.6 Å². The Bertz CT molecular complexity index is 1950. The number of fused-ring (bicyclic) bond motifs is 5. The van der Waals surface area contributed by atoms with Crippen LogP contribution in [0.4, 0.5) is 9.59 Å². The number of benzene rings is 1. The minimum Gasteiger partial charge on any atom is -0.456 e. The summed E-state index contributed by atoms with van der Waals surface area (Å²) in [6.45, 7) is 13.2. The number of ketones is 1. The second-order valence-corrected chi connectivity index (χ2v) is 19.0. The van der Waals surface area contributed by atoms with Crippen LogP contribution in [-0.4, -0.2) is 124 Å². The van der Waals surface area contributed by atoms with Crippen molar-refractivity contribution in [3.05, 3.63) is 47.0 Å². The molecule has 1 unspecified atom stereocenters. The van der Waals surface area contributed by atoms with Gasteiger partial charge < -0.3 is 53.8 Å². The average Bonchev–Trinajstić information content (AvgIpc) is 3.72. The van der Waals surface area contributed by atoms with Gasteiger partial charge in [-0.1, -0.05) is 44.9 Å². The fourth-order valence-corrected chi connectivity index (χ4v) is 10.7. The minimum atomic E-state index is -2.41. The SMILES string of the molecule is CCOC(=O)O[C@H]1C(=O)[C@@]2(C)C([C@H](OC(=O)c3ccccc3)[C@]3(O)C[C@H](OC(=O)[C@H](O)[C@@H](NC(=O)OC(C)(C)C)C4CCCC4)C(C)=C1C3(C)C)[C@]1(OC(C)=O)CO[C@@H]1C[C@@H]2O. The fourth-order valence-electron chi connectivity index (χ4n) is 10.7. The van der Waals surface area contributed by atoms with Crippen LogP contribution in [0, 0.1) is 22.7 Å². The molecule has 1 amide bonds. The van der Waals surface area contributed by atoms with E-state index < -0.39 is 119 Å². The van der Waals surface area contributed by atoms with E-state index in [4.69, 9.17) is 33.2 Å². The summed E-state index contributed by atoms with van der Waals surface area (Å²) >= 11 is 0. The number of Topliss-reactive ketones (excluding diaryl/α,β-unsaturated/α-hetero) is 1. The Kier molecular flexibility index (Phi) is 13.0. The topological polar surface area (TPSA) is 240 Å². The smallest absolute Gasteiger partial charge is 0.456 e. The molecule has 5 aliphatic rings. The number of ether oxygens (including phenoxy) is 7. The molecule has 4 aliphatic carbocycles. The monoisotopic (exact) mass is 871 g/mol. The fraction of sp³-hybridized carbons (Fsp3) is 0.689. The minimum absolute atomic E-state index is 0.0445. The van der Waals surface area contributed by atoms with Crippen LogP contribution in [0.3, 0.4) is 0 Å². The first-order chi connectivity index (χ1) is 28.9. The van der Waals surface area contributed by atoms with E-state index >= 15 is 4.79 Å². The number of aliphatic hydroxyl groups excluding tert-OH is 2. The van der Waals surface area contributed by atoms with E-state index in [0.717, 1.165) is 19.8 Å². The Labute approximate surface area is 361 Å². The zero-order valence-electron chi connectivity index (χ0n) is 36.9. The molecular formula is C45H61NO16. The van der Waals surface area contributed by atoms with E-state index in [1.165, 1.54) is 32.9 Å². The highest BCUT2D eigenvalue weighted by Crippen LogP contribution is 2.64. The van der Waals surface area contributed by atoms with Crippen molar-refractivity contribution in [2.75, 3.05) is 13.2 Å². The van der Waals surface area contributed by atoms with Crippen molar-refractivity contribution in [3.63, 3.8) is 0 Å². The van der Waals surface area contributed by atoms with E-state index in [2.05, 4.69) is 5.32 Å². The predicted octanol–water partition coefficient (Wildman–Crippen LogP) is 4.26. The molecule has 1 heterocycles. The van der Waals surface area contributed by atoms with Crippen LogP contribution in [-0.2, 0) is 47.5 Å². The summed E-state index contributed by atoms with van der Waals surface area (Å²) in [6.07, 6.45) is -9.92. The number of carbonyl (C=O) groups excluding carboxylic acids is 6. The van der Waals surface area contributed by atoms with Crippen LogP contribution in [0.2, 0.25) is 0 Å². The van der Waals surface area contributed by atoms with Gasteiger partial charge in [0.2, 0.25) is 0 Å². The van der Waals surface area contributed by atoms with E-state index in [0.29, 0.717) is 12.8 Å². The van der Waals surface area contributed by atoms with Crippen LogP contribution < -0.4 is 5.32 Å². The Balaban J connectivity index is 1.54. The molecule has 1 aromatic rings. The number of esters is 3. The van der Waals surface area contributed by atoms with Crippen molar-refractivity contribution < 1.29 is 77.2 Å². The molecule has 342 valence electrons. The first kappa shape index (κ1) is 46.9. The molecule has 0 aromatic heterocycles. The lowest BCUT2D eigenvalue weighted by molar-refractivity contribution is -0.346. The molecule has 1 saturated heterocycles. The third-order valence-electron chi connectivity index (χ3n) is 13.8. The van der Waals surface area contributed by atoms with Crippen LogP contribution in [0.15, 0.2) is 41.5 Å². The first-order valence-electron chi connectivity index (χ1n) is 21.4. The molecule has 2 bridgehead atoms. The number of hydrogen-bond donors (Lipinski definition) is 4. The highest BCUT2D eigenvalue weighted by atomic mass is 16.7. The summed E-state index contributed by atoms with van der Waals surface area (Å²) in [5.41, 5.74) is -8.70. The summed E-state index contributed by atoms with van der Waals surface area (Å²) in [6, 6.07) is 6.71. The Morgan fingerprint density at radius 2 is 1.65 bits per heavy atom. The number of aliphatic hydroxyl groups is 3. The Morgan fingerprint density at radius 3 is 2.21 bits per heavy atom. The standard InChI is InChI=1S/C45H61NO16/c1-10-56-40(54)59-33-30-23(2)27(58-38(52)32(49)31(25-16-14-15-17-25)46-39(53)62-41(4,5)6)21-45(55,42(30,7)8)36(60-37(51)26-18-12-11-13-19-26)34-43(9,35(33)50)28(48)20-29-44(34,22-57-29)61-24(3)47/h11-13,18-19,25,27-29,31-34,36,48-49,55H,10,14-17,20-22H2,1-9H3,(H,46,53)/t27-,28-,29+,31-,32+,33+,34?,36-,43+,44-,45+/m0/s1. The first-order valence-corrected chi connectivity index (χ1v) is 21.4. The molecule has 62 heavy (non-hydrogen) atoms. The number of hydrogen-bond acceptors (Lipinski definition) is 16. The maximum absolute atomic E-state index is 15.6. The lowest BCUT2D eigenvalue weighted by atomic mass is 9.44. The molecule has 17 heteroatoms. The van der Waals surface area contributed by atoms with Gasteiger partial charge in [0.15, 0.2) is 23.6 Å². The van der Waals surface area contributed by atoms with Crippen molar-refractivity contribution >= 4 is 35.9 Å². The highest BCUT2D eigenvalue weighted by Gasteiger charge is 2.78. The normalized spacial score (nSPS) is 33.8. The Hall–Kier alpha value is -4.58. The third kappa shape index (κ3) is 8.21. The van der Waals surface area contributed by atoms with Crippen LogP contribution >= 0.6 is 0 Å². The van der Waals surface area contributed by atoms with E-state index in [1.807, 2.05) is 0 Å². The summed E-state index contributed by atoms with van der Waals surface area (Å²) in [5.74, 6) is -5.71. The van der Waals surface area contributed by atoms with Crippen LogP contribution in [0.5, 0.6) is 0 Å². The molecule has 11 atom stereocenters. The molecule has 1 aliphatic heterocycles. The summed E-state index contributed by atoms with van der Waals surface area (Å²) < 4.78 is 40.9. The van der Waals surface area contributed by atoms with Gasteiger partial charge in [0, 0.05) is 25.2 Å². The zero-order valence-corrected chi connectivity index (χ0v) is 36.9. The molecule has 17 nitrogen and oxygen atoms in total. The average molecular weight is 872 g/mol. The van der Waals surface area contributed by atoms with E-state index in [-0.39, 0.29) is 42.3 Å². The van der Waals surface area contributed by atoms with Crippen LogP contribution in [0.1, 0.15) is 111 Å². The second kappa shape index (κ2) is 17.2. The van der Waals surface area contributed by atoms with Crippen molar-refractivity contribution in [1.82, 2.24) is 5.32 Å². The van der Waals surface area contributed by atoms with Crippen LogP contribution in [0.25, 0.3) is 0 Å². The van der Waals surface area contributed by atoms with Crippen molar-refractivity contribution in [2.24, 2.45) is 22.7 Å². The van der Waals surface area contributed by atoms with Gasteiger partial charge in [0.05, 0.1) is 42.3 Å². The molecule has 0 radical (unpaired) electrons. The number of alkyl carbamates (subject to hydrolysis) is 1. The highest BCUT2D eigenvalue weighted by molar-refractivity contribution is 5.95. The quantitative estimate of drug-likeness (QED) is 0.146. The van der Waals surface area contributed by atoms with E-state index in [9.17, 15) is 39.3 Å². The number of nitrogens with one attached hydrogen (secondary N) is 1. The molecule has 6 rings (SSSR count). The van der Waals surface area contributed by atoms with Gasteiger partial charge in [0.1, 0.15) is 29.5 Å². The van der Waals surface area contributed by atoms with Crippen molar-refractivity contribution in [3.8, 4) is 0 Å². The Morgan fingerprint density at radius 1 is 1.00 bits per heavy atom. The maximum atomic E-state index is 15.6. The summed E-state index contributed by atoms with van der Waals surface area (Å²) in [7, 11) is 0.